The Labute approximate surface area is 117 Å². The van der Waals surface area contributed by atoms with E-state index < -0.39 is 5.97 Å². The van der Waals surface area contributed by atoms with E-state index in [0.29, 0.717) is 11.4 Å². The largest absolute Gasteiger partial charge is 0.485 e. The molecule has 0 unspecified atom stereocenters. The quantitative estimate of drug-likeness (QED) is 0.902. The molecule has 2 aromatic rings. The molecule has 106 valence electrons. The molecule has 0 aliphatic heterocycles. The van der Waals surface area contributed by atoms with Gasteiger partial charge in [-0.05, 0) is 25.5 Å². The minimum Gasteiger partial charge on any atom is -0.485 e. The topological polar surface area (TPSA) is 77.2 Å². The number of pyridine rings is 1. The maximum Gasteiger partial charge on any atom is 0.339 e. The summed E-state index contributed by atoms with van der Waals surface area (Å²) < 4.78 is 7.22. The zero-order valence-electron chi connectivity index (χ0n) is 11.8. The number of nitrogens with zero attached hydrogens (tertiary/aromatic N) is 3. The van der Waals surface area contributed by atoms with Crippen molar-refractivity contribution in [3.05, 3.63) is 41.0 Å². The Morgan fingerprint density at radius 3 is 2.85 bits per heavy atom. The lowest BCUT2D eigenvalue weighted by atomic mass is 10.2. The van der Waals surface area contributed by atoms with Gasteiger partial charge in [-0.25, -0.2) is 4.79 Å². The predicted molar refractivity (Wildman–Crippen MR) is 72.9 cm³/mol. The molecule has 0 aliphatic rings. The second-order valence-electron chi connectivity index (χ2n) is 4.47. The van der Waals surface area contributed by atoms with Gasteiger partial charge >= 0.3 is 5.97 Å². The van der Waals surface area contributed by atoms with Crippen LogP contribution in [0, 0.1) is 6.92 Å². The Morgan fingerprint density at radius 2 is 2.20 bits per heavy atom. The molecule has 0 aromatic carbocycles. The van der Waals surface area contributed by atoms with Crippen molar-refractivity contribution in [2.75, 3.05) is 0 Å². The maximum absolute atomic E-state index is 11.1. The Morgan fingerprint density at radius 1 is 1.45 bits per heavy atom. The van der Waals surface area contributed by atoms with Gasteiger partial charge in [0.25, 0.3) is 0 Å². The molecule has 20 heavy (non-hydrogen) atoms. The molecule has 0 spiro atoms. The van der Waals surface area contributed by atoms with Crippen LogP contribution >= 0.6 is 0 Å². The minimum absolute atomic E-state index is 0.149. The predicted octanol–water partition coefficient (Wildman–Crippen LogP) is 1.96. The first kappa shape index (κ1) is 14.0. The average molecular weight is 275 g/mol. The van der Waals surface area contributed by atoms with Gasteiger partial charge in [-0.1, -0.05) is 6.92 Å². The Bertz CT molecular complexity index is 635. The van der Waals surface area contributed by atoms with E-state index in [-0.39, 0.29) is 12.2 Å². The number of ether oxygens (including phenoxy) is 1. The molecule has 0 aliphatic carbocycles. The summed E-state index contributed by atoms with van der Waals surface area (Å²) in [6.45, 7) is 4.07. The zero-order valence-corrected chi connectivity index (χ0v) is 11.8. The van der Waals surface area contributed by atoms with Gasteiger partial charge in [0, 0.05) is 12.7 Å². The molecular formula is C14H17N3O3. The number of carbonyl (C=O) groups is 1. The van der Waals surface area contributed by atoms with Crippen molar-refractivity contribution in [1.29, 1.82) is 0 Å². The highest BCUT2D eigenvalue weighted by Gasteiger charge is 2.16. The molecule has 0 radical (unpaired) electrons. The molecule has 0 atom stereocenters. The number of aryl methyl sites for hydroxylation is 3. The normalized spacial score (nSPS) is 10.6. The van der Waals surface area contributed by atoms with Crippen LogP contribution in [-0.2, 0) is 20.1 Å². The summed E-state index contributed by atoms with van der Waals surface area (Å²) in [7, 11) is 1.69. The summed E-state index contributed by atoms with van der Waals surface area (Å²) in [6.07, 6.45) is 2.09. The van der Waals surface area contributed by atoms with E-state index in [1.54, 1.807) is 7.05 Å². The number of hydrogen-bond donors (Lipinski definition) is 1. The fraction of sp³-hybridized carbons (Fsp3) is 0.357. The molecule has 2 aromatic heterocycles. The standard InChI is InChI=1S/C14H17N3O3/c1-4-11-13(6-5-9(2)16-11)20-8-12-10(14(18)19)7-15-17(12)3/h5-7H,4,8H2,1-3H3,(H,18,19). The van der Waals surface area contributed by atoms with Crippen molar-refractivity contribution in [1.82, 2.24) is 14.8 Å². The molecule has 6 nitrogen and oxygen atoms in total. The number of hydrogen-bond acceptors (Lipinski definition) is 4. The molecule has 0 saturated heterocycles. The van der Waals surface area contributed by atoms with E-state index in [9.17, 15) is 4.79 Å². The van der Waals surface area contributed by atoms with Crippen LogP contribution in [0.5, 0.6) is 5.75 Å². The van der Waals surface area contributed by atoms with Crippen LogP contribution in [0.2, 0.25) is 0 Å². The van der Waals surface area contributed by atoms with Crippen LogP contribution in [0.15, 0.2) is 18.3 Å². The van der Waals surface area contributed by atoms with Crippen molar-refractivity contribution in [2.45, 2.75) is 26.9 Å². The molecule has 2 heterocycles. The van der Waals surface area contributed by atoms with Crippen molar-refractivity contribution >= 4 is 5.97 Å². The molecule has 0 saturated carbocycles. The monoisotopic (exact) mass is 275 g/mol. The highest BCUT2D eigenvalue weighted by molar-refractivity contribution is 5.88. The maximum atomic E-state index is 11.1. The van der Waals surface area contributed by atoms with Gasteiger partial charge in [-0.15, -0.1) is 0 Å². The molecule has 6 heteroatoms. The minimum atomic E-state index is -1.01. The van der Waals surface area contributed by atoms with Crippen molar-refractivity contribution in [3.63, 3.8) is 0 Å². The second kappa shape index (κ2) is 5.73. The van der Waals surface area contributed by atoms with E-state index in [1.165, 1.54) is 10.9 Å². The van der Waals surface area contributed by atoms with Gasteiger partial charge in [0.15, 0.2) is 0 Å². The van der Waals surface area contributed by atoms with Gasteiger partial charge in [-0.2, -0.15) is 5.10 Å². The van der Waals surface area contributed by atoms with Crippen molar-refractivity contribution in [2.24, 2.45) is 7.05 Å². The lowest BCUT2D eigenvalue weighted by Gasteiger charge is -2.11. The van der Waals surface area contributed by atoms with Gasteiger partial charge in [0.05, 0.1) is 17.6 Å². The van der Waals surface area contributed by atoms with Gasteiger partial charge < -0.3 is 9.84 Å². The first-order chi connectivity index (χ1) is 9.52. The summed E-state index contributed by atoms with van der Waals surface area (Å²) in [4.78, 5) is 15.5. The smallest absolute Gasteiger partial charge is 0.339 e. The van der Waals surface area contributed by atoms with Gasteiger partial charge in [0.1, 0.15) is 17.9 Å². The molecule has 2 rings (SSSR count). The van der Waals surface area contributed by atoms with Crippen LogP contribution < -0.4 is 4.74 Å². The Kier molecular flexibility index (Phi) is 4.02. The molecule has 0 amide bonds. The summed E-state index contributed by atoms with van der Waals surface area (Å²) in [6, 6.07) is 3.73. The van der Waals surface area contributed by atoms with Crippen LogP contribution in [0.4, 0.5) is 0 Å². The fourth-order valence-electron chi connectivity index (χ4n) is 1.94. The first-order valence-corrected chi connectivity index (χ1v) is 6.36. The SMILES string of the molecule is CCc1nc(C)ccc1OCc1c(C(=O)O)cnn1C. The van der Waals surface area contributed by atoms with Crippen LogP contribution in [0.1, 0.15) is 34.4 Å². The van der Waals surface area contributed by atoms with E-state index in [4.69, 9.17) is 9.84 Å². The lowest BCUT2D eigenvalue weighted by Crippen LogP contribution is -2.09. The van der Waals surface area contributed by atoms with Gasteiger partial charge in [-0.3, -0.25) is 9.67 Å². The number of aromatic carboxylic acids is 1. The summed E-state index contributed by atoms with van der Waals surface area (Å²) in [5, 5.41) is 13.0. The zero-order chi connectivity index (χ0) is 14.7. The molecule has 0 bridgehead atoms. The molecular weight excluding hydrogens is 258 g/mol. The van der Waals surface area contributed by atoms with Crippen LogP contribution in [0.3, 0.4) is 0 Å². The third-order valence-corrected chi connectivity index (χ3v) is 3.06. The van der Waals surface area contributed by atoms with Crippen LogP contribution in [-0.4, -0.2) is 25.8 Å². The summed E-state index contributed by atoms with van der Waals surface area (Å²) >= 11 is 0. The highest BCUT2D eigenvalue weighted by Crippen LogP contribution is 2.19. The third kappa shape index (κ3) is 2.79. The number of carboxylic acids is 1. The fourth-order valence-corrected chi connectivity index (χ4v) is 1.94. The average Bonchev–Trinajstić information content (AvgIpc) is 2.78. The van der Waals surface area contributed by atoms with Crippen molar-refractivity contribution in [3.8, 4) is 5.75 Å². The van der Waals surface area contributed by atoms with Gasteiger partial charge in [0.2, 0.25) is 0 Å². The number of aromatic nitrogens is 3. The Balaban J connectivity index is 2.21. The number of rotatable bonds is 5. The first-order valence-electron chi connectivity index (χ1n) is 6.36. The van der Waals surface area contributed by atoms with E-state index in [1.807, 2.05) is 26.0 Å². The van der Waals surface area contributed by atoms with Crippen molar-refractivity contribution < 1.29 is 14.6 Å². The lowest BCUT2D eigenvalue weighted by molar-refractivity contribution is 0.0693. The molecule has 1 N–H and O–H groups in total. The van der Waals surface area contributed by atoms with E-state index >= 15 is 0 Å². The van der Waals surface area contributed by atoms with E-state index in [2.05, 4.69) is 10.1 Å². The highest BCUT2D eigenvalue weighted by atomic mass is 16.5. The molecule has 0 fully saturated rings. The Hall–Kier alpha value is -2.37. The second-order valence-corrected chi connectivity index (χ2v) is 4.47. The third-order valence-electron chi connectivity index (χ3n) is 3.06. The number of carboxylic acid groups (broad SMARTS) is 1. The summed E-state index contributed by atoms with van der Waals surface area (Å²) in [5.41, 5.74) is 2.48. The summed E-state index contributed by atoms with van der Waals surface area (Å²) in [5.74, 6) is -0.329. The van der Waals surface area contributed by atoms with E-state index in [0.717, 1.165) is 17.8 Å². The van der Waals surface area contributed by atoms with Crippen LogP contribution in [0.25, 0.3) is 0 Å².